The summed E-state index contributed by atoms with van der Waals surface area (Å²) in [7, 11) is 0. The fourth-order valence-electron chi connectivity index (χ4n) is 2.32. The summed E-state index contributed by atoms with van der Waals surface area (Å²) in [4.78, 5) is 4.58. The van der Waals surface area contributed by atoms with Crippen molar-refractivity contribution in [3.63, 3.8) is 0 Å². The summed E-state index contributed by atoms with van der Waals surface area (Å²) >= 11 is 12.3. The first-order valence-corrected chi connectivity index (χ1v) is 7.21. The molecule has 0 aliphatic heterocycles. The molecule has 0 aliphatic rings. The summed E-state index contributed by atoms with van der Waals surface area (Å²) in [6.07, 6.45) is 0. The van der Waals surface area contributed by atoms with Gasteiger partial charge < -0.3 is 8.98 Å². The van der Waals surface area contributed by atoms with Crippen LogP contribution in [0.3, 0.4) is 0 Å². The van der Waals surface area contributed by atoms with E-state index >= 15 is 0 Å². The molecule has 2 aromatic heterocycles. The van der Waals surface area contributed by atoms with Crippen LogP contribution in [-0.2, 0) is 6.54 Å². The summed E-state index contributed by atoms with van der Waals surface area (Å²) in [5.41, 5.74) is 1.86. The third kappa shape index (κ3) is 2.43. The number of rotatable bonds is 3. The molecule has 2 heterocycles. The Hall–Kier alpha value is -1.45. The van der Waals surface area contributed by atoms with Crippen molar-refractivity contribution in [2.45, 2.75) is 25.8 Å². The minimum absolute atomic E-state index is 0.183. The van der Waals surface area contributed by atoms with Gasteiger partial charge in [0.25, 0.3) is 0 Å². The van der Waals surface area contributed by atoms with Gasteiger partial charge in [-0.15, -0.1) is 11.6 Å². The molecule has 3 rings (SSSR count). The van der Waals surface area contributed by atoms with Crippen molar-refractivity contribution in [1.29, 1.82) is 0 Å². The Balaban J connectivity index is 2.13. The molecule has 20 heavy (non-hydrogen) atoms. The lowest BCUT2D eigenvalue weighted by Gasteiger charge is -2.08. The summed E-state index contributed by atoms with van der Waals surface area (Å²) in [5, 5.41) is 0.488. The SMILES string of the molecule is Cc1ccc(Cn2c(C(C)Cl)nc3cc(Cl)ccc32)o1. The van der Waals surface area contributed by atoms with Crippen molar-refractivity contribution in [2.24, 2.45) is 0 Å². The van der Waals surface area contributed by atoms with Gasteiger partial charge in [0.2, 0.25) is 0 Å². The van der Waals surface area contributed by atoms with E-state index in [1.54, 1.807) is 0 Å². The van der Waals surface area contributed by atoms with Gasteiger partial charge in [0.05, 0.1) is 23.0 Å². The van der Waals surface area contributed by atoms with Crippen LogP contribution in [0, 0.1) is 6.92 Å². The van der Waals surface area contributed by atoms with E-state index in [1.165, 1.54) is 0 Å². The highest BCUT2D eigenvalue weighted by molar-refractivity contribution is 6.31. The van der Waals surface area contributed by atoms with Gasteiger partial charge in [0.1, 0.15) is 17.3 Å². The second-order valence-corrected chi connectivity index (χ2v) is 5.91. The van der Waals surface area contributed by atoms with Crippen LogP contribution < -0.4 is 0 Å². The van der Waals surface area contributed by atoms with Crippen LogP contribution in [0.2, 0.25) is 5.02 Å². The van der Waals surface area contributed by atoms with Crippen LogP contribution in [0.15, 0.2) is 34.7 Å². The highest BCUT2D eigenvalue weighted by Crippen LogP contribution is 2.27. The molecule has 0 spiro atoms. The van der Waals surface area contributed by atoms with Crippen LogP contribution >= 0.6 is 23.2 Å². The number of aromatic nitrogens is 2. The minimum Gasteiger partial charge on any atom is -0.464 e. The Morgan fingerprint density at radius 2 is 2.10 bits per heavy atom. The van der Waals surface area contributed by atoms with Crippen LogP contribution in [0.4, 0.5) is 0 Å². The number of aryl methyl sites for hydroxylation is 1. The summed E-state index contributed by atoms with van der Waals surface area (Å²) in [6.45, 7) is 4.45. The van der Waals surface area contributed by atoms with E-state index in [4.69, 9.17) is 27.6 Å². The molecule has 5 heteroatoms. The van der Waals surface area contributed by atoms with Gasteiger partial charge in [-0.25, -0.2) is 4.98 Å². The standard InChI is InChI=1S/C15H14Cl2N2O/c1-9-3-5-12(20-9)8-19-14-6-4-11(17)7-13(14)18-15(19)10(2)16/h3-7,10H,8H2,1-2H3. The Kier molecular flexibility index (Phi) is 3.48. The summed E-state index contributed by atoms with van der Waals surface area (Å²) in [5.74, 6) is 2.60. The van der Waals surface area contributed by atoms with E-state index in [2.05, 4.69) is 9.55 Å². The largest absolute Gasteiger partial charge is 0.464 e. The molecule has 3 nitrogen and oxygen atoms in total. The van der Waals surface area contributed by atoms with Gasteiger partial charge in [-0.05, 0) is 44.2 Å². The normalized spacial score (nSPS) is 13.0. The zero-order valence-electron chi connectivity index (χ0n) is 11.2. The minimum atomic E-state index is -0.183. The first-order chi connectivity index (χ1) is 9.54. The summed E-state index contributed by atoms with van der Waals surface area (Å²) < 4.78 is 7.72. The molecule has 0 fully saturated rings. The topological polar surface area (TPSA) is 31.0 Å². The zero-order chi connectivity index (χ0) is 14.3. The maximum Gasteiger partial charge on any atom is 0.128 e. The van der Waals surface area contributed by atoms with Crippen LogP contribution in [0.1, 0.15) is 29.6 Å². The van der Waals surface area contributed by atoms with Crippen molar-refractivity contribution in [2.75, 3.05) is 0 Å². The fourth-order valence-corrected chi connectivity index (χ4v) is 2.65. The van der Waals surface area contributed by atoms with Gasteiger partial charge in [-0.1, -0.05) is 11.6 Å². The molecule has 0 N–H and O–H groups in total. The Morgan fingerprint density at radius 1 is 1.30 bits per heavy atom. The molecule has 104 valence electrons. The number of imidazole rings is 1. The average molecular weight is 309 g/mol. The van der Waals surface area contributed by atoms with E-state index in [-0.39, 0.29) is 5.38 Å². The van der Waals surface area contributed by atoms with Gasteiger partial charge in [-0.3, -0.25) is 0 Å². The number of furan rings is 1. The predicted octanol–water partition coefficient (Wildman–Crippen LogP) is 4.94. The maximum absolute atomic E-state index is 6.24. The quantitative estimate of drug-likeness (QED) is 0.642. The number of fused-ring (bicyclic) bond motifs is 1. The monoisotopic (exact) mass is 308 g/mol. The molecule has 0 bridgehead atoms. The van der Waals surface area contributed by atoms with Gasteiger partial charge in [-0.2, -0.15) is 0 Å². The van der Waals surface area contributed by atoms with Crippen molar-refractivity contribution >= 4 is 34.2 Å². The van der Waals surface area contributed by atoms with E-state index in [0.29, 0.717) is 11.6 Å². The van der Waals surface area contributed by atoms with Crippen LogP contribution in [0.5, 0.6) is 0 Å². The Morgan fingerprint density at radius 3 is 2.75 bits per heavy atom. The molecule has 3 aromatic rings. The van der Waals surface area contributed by atoms with E-state index in [9.17, 15) is 0 Å². The molecular weight excluding hydrogens is 295 g/mol. The number of benzene rings is 1. The van der Waals surface area contributed by atoms with Crippen molar-refractivity contribution in [1.82, 2.24) is 9.55 Å². The first-order valence-electron chi connectivity index (χ1n) is 6.39. The smallest absolute Gasteiger partial charge is 0.128 e. The Labute approximate surface area is 127 Å². The van der Waals surface area contributed by atoms with Crippen LogP contribution in [-0.4, -0.2) is 9.55 Å². The number of alkyl halides is 1. The second-order valence-electron chi connectivity index (χ2n) is 4.82. The van der Waals surface area contributed by atoms with Crippen molar-refractivity contribution in [3.05, 3.63) is 52.7 Å². The lowest BCUT2D eigenvalue weighted by molar-refractivity contribution is 0.469. The maximum atomic E-state index is 6.24. The molecule has 1 atom stereocenters. The highest BCUT2D eigenvalue weighted by atomic mass is 35.5. The van der Waals surface area contributed by atoms with E-state index < -0.39 is 0 Å². The Bertz CT molecular complexity index is 758. The number of hydrogen-bond donors (Lipinski definition) is 0. The molecule has 1 aromatic carbocycles. The molecular formula is C15H14Cl2N2O. The predicted molar refractivity (Wildman–Crippen MR) is 81.6 cm³/mol. The van der Waals surface area contributed by atoms with Gasteiger partial charge >= 0.3 is 0 Å². The fraction of sp³-hybridized carbons (Fsp3) is 0.267. The molecule has 0 saturated carbocycles. The molecule has 0 aliphatic carbocycles. The highest BCUT2D eigenvalue weighted by Gasteiger charge is 2.16. The van der Waals surface area contributed by atoms with Gasteiger partial charge in [0, 0.05) is 5.02 Å². The molecule has 0 amide bonds. The number of nitrogens with zero attached hydrogens (tertiary/aromatic N) is 2. The van der Waals surface area contributed by atoms with Gasteiger partial charge in [0.15, 0.2) is 0 Å². The lowest BCUT2D eigenvalue weighted by Crippen LogP contribution is -2.05. The van der Waals surface area contributed by atoms with E-state index in [0.717, 1.165) is 28.4 Å². The third-order valence-corrected chi connectivity index (χ3v) is 3.64. The van der Waals surface area contributed by atoms with E-state index in [1.807, 2.05) is 44.2 Å². The molecule has 1 unspecified atom stereocenters. The zero-order valence-corrected chi connectivity index (χ0v) is 12.7. The molecule has 0 radical (unpaired) electrons. The van der Waals surface area contributed by atoms with Crippen molar-refractivity contribution < 1.29 is 4.42 Å². The van der Waals surface area contributed by atoms with Crippen molar-refractivity contribution in [3.8, 4) is 0 Å². The lowest BCUT2D eigenvalue weighted by atomic mass is 10.3. The third-order valence-electron chi connectivity index (χ3n) is 3.21. The second kappa shape index (κ2) is 5.15. The molecule has 0 saturated heterocycles. The van der Waals surface area contributed by atoms with Crippen LogP contribution in [0.25, 0.3) is 11.0 Å². The average Bonchev–Trinajstić information content (AvgIpc) is 2.94. The number of halogens is 2. The number of hydrogen-bond acceptors (Lipinski definition) is 2. The first kappa shape index (κ1) is 13.5. The summed E-state index contributed by atoms with van der Waals surface area (Å²) in [6, 6.07) is 9.60.